The molecule has 0 saturated carbocycles. The van der Waals surface area contributed by atoms with Gasteiger partial charge in [0.25, 0.3) is 0 Å². The Labute approximate surface area is 240 Å². The maximum absolute atomic E-state index is 13.7. The van der Waals surface area contributed by atoms with Crippen molar-refractivity contribution in [1.82, 2.24) is 15.0 Å². The Bertz CT molecular complexity index is 1500. The molecule has 3 aliphatic heterocycles. The van der Waals surface area contributed by atoms with Crippen molar-refractivity contribution >= 4 is 23.4 Å². The van der Waals surface area contributed by atoms with Crippen LogP contribution in [0.4, 0.5) is 35.3 Å². The molecule has 222 valence electrons. The van der Waals surface area contributed by atoms with Crippen molar-refractivity contribution in [2.75, 3.05) is 41.4 Å². The van der Waals surface area contributed by atoms with E-state index in [4.69, 9.17) is 19.2 Å². The van der Waals surface area contributed by atoms with Gasteiger partial charge in [0.1, 0.15) is 12.7 Å². The lowest BCUT2D eigenvalue weighted by molar-refractivity contribution is -0.141. The molecule has 10 nitrogen and oxygen atoms in total. The van der Waals surface area contributed by atoms with Crippen LogP contribution in [0.25, 0.3) is 11.3 Å². The highest BCUT2D eigenvalue weighted by Gasteiger charge is 2.41. The molecule has 2 saturated heterocycles. The number of alkyl halides is 3. The predicted molar refractivity (Wildman–Crippen MR) is 149 cm³/mol. The number of carbonyl (C=O) groups excluding carboxylic acids is 1. The van der Waals surface area contributed by atoms with Crippen molar-refractivity contribution in [3.63, 3.8) is 0 Å². The summed E-state index contributed by atoms with van der Waals surface area (Å²) in [5.41, 5.74) is 1.58. The average molecular weight is 585 g/mol. The van der Waals surface area contributed by atoms with Gasteiger partial charge in [-0.25, -0.2) is 9.78 Å². The van der Waals surface area contributed by atoms with Gasteiger partial charge in [-0.05, 0) is 50.5 Å². The Kier molecular flexibility index (Phi) is 7.17. The van der Waals surface area contributed by atoms with Crippen LogP contribution in [0.1, 0.15) is 38.3 Å². The second-order valence-corrected chi connectivity index (χ2v) is 11.0. The van der Waals surface area contributed by atoms with Crippen LogP contribution in [0.15, 0.2) is 42.7 Å². The summed E-state index contributed by atoms with van der Waals surface area (Å²) < 4.78 is 57.5. The van der Waals surface area contributed by atoms with E-state index in [0.717, 1.165) is 36.3 Å². The zero-order valence-corrected chi connectivity index (χ0v) is 23.4. The number of carbonyl (C=O) groups is 1. The Morgan fingerprint density at radius 2 is 2.05 bits per heavy atom. The average Bonchev–Trinajstić information content (AvgIpc) is 3.54. The van der Waals surface area contributed by atoms with Crippen molar-refractivity contribution < 1.29 is 32.2 Å². The van der Waals surface area contributed by atoms with Gasteiger partial charge in [-0.1, -0.05) is 19.1 Å². The molecule has 0 spiro atoms. The fourth-order valence-corrected chi connectivity index (χ4v) is 5.58. The second-order valence-electron chi connectivity index (χ2n) is 11.0. The topological polar surface area (TPSA) is 102 Å². The van der Waals surface area contributed by atoms with Gasteiger partial charge in [0.15, 0.2) is 17.4 Å². The summed E-state index contributed by atoms with van der Waals surface area (Å²) in [5.74, 6) is 0.117. The van der Waals surface area contributed by atoms with Crippen LogP contribution in [0.2, 0.25) is 0 Å². The summed E-state index contributed by atoms with van der Waals surface area (Å²) in [6, 6.07) is 6.42. The maximum Gasteiger partial charge on any atom is 0.416 e. The number of aryl methyl sites for hydroxylation is 1. The molecule has 0 radical (unpaired) electrons. The Morgan fingerprint density at radius 1 is 1.21 bits per heavy atom. The van der Waals surface area contributed by atoms with Gasteiger partial charge >= 0.3 is 12.2 Å². The summed E-state index contributed by atoms with van der Waals surface area (Å²) >= 11 is 0. The van der Waals surface area contributed by atoms with Crippen LogP contribution in [0.5, 0.6) is 5.88 Å². The first-order valence-electron chi connectivity index (χ1n) is 13.8. The summed E-state index contributed by atoms with van der Waals surface area (Å²) in [7, 11) is 0. The van der Waals surface area contributed by atoms with Gasteiger partial charge in [0.05, 0.1) is 42.0 Å². The SMILES string of the molecule is CCc1cc2c(nc1-c1cccc(C(F)(F)F)c1)N(C(=O)Nc1cncc(OCC3COC(C)(C)O3)n1)C1CCN2C1. The lowest BCUT2D eigenvalue weighted by Gasteiger charge is -2.36. The first-order valence-corrected chi connectivity index (χ1v) is 13.8. The standard InChI is InChI=1S/C29H31F3N6O4/c1-4-17-11-22-26(36-25(17)18-6-5-7-19(10-18)29(30,31)32)38(20-8-9-37(22)14-20)27(39)35-23-12-33-13-24(34-23)40-15-21-16-41-28(2,3)42-21/h5-7,10-13,20-21H,4,8-9,14-16H2,1-3H3,(H,34,35,39). The summed E-state index contributed by atoms with van der Waals surface area (Å²) in [4.78, 5) is 30.8. The Hall–Kier alpha value is -3.97. The Morgan fingerprint density at radius 3 is 2.79 bits per heavy atom. The zero-order valence-electron chi connectivity index (χ0n) is 23.4. The summed E-state index contributed by atoms with van der Waals surface area (Å²) in [6.45, 7) is 7.54. The molecular formula is C29H31F3N6O4. The van der Waals surface area contributed by atoms with Gasteiger partial charge in [-0.2, -0.15) is 18.2 Å². The number of hydrogen-bond donors (Lipinski definition) is 1. The number of anilines is 3. The number of urea groups is 1. The number of nitrogens with one attached hydrogen (secondary N) is 1. The highest BCUT2D eigenvalue weighted by Crippen LogP contribution is 2.42. The molecule has 42 heavy (non-hydrogen) atoms. The normalized spacial score (nSPS) is 20.9. The van der Waals surface area contributed by atoms with Crippen molar-refractivity contribution in [2.24, 2.45) is 0 Å². The first kappa shape index (κ1) is 28.2. The van der Waals surface area contributed by atoms with E-state index in [2.05, 4.69) is 20.2 Å². The molecule has 2 bridgehead atoms. The van der Waals surface area contributed by atoms with Crippen LogP contribution < -0.4 is 19.9 Å². The monoisotopic (exact) mass is 584 g/mol. The summed E-state index contributed by atoms with van der Waals surface area (Å²) in [6.07, 6.45) is -0.610. The third-order valence-corrected chi connectivity index (χ3v) is 7.55. The van der Waals surface area contributed by atoms with Gasteiger partial charge in [-0.3, -0.25) is 15.2 Å². The van der Waals surface area contributed by atoms with Gasteiger partial charge < -0.3 is 19.1 Å². The van der Waals surface area contributed by atoms with E-state index >= 15 is 0 Å². The molecule has 2 unspecified atom stereocenters. The van der Waals surface area contributed by atoms with E-state index in [0.29, 0.717) is 36.6 Å². The lowest BCUT2D eigenvalue weighted by Crippen LogP contribution is -2.48. The van der Waals surface area contributed by atoms with Crippen LogP contribution >= 0.6 is 0 Å². The molecule has 0 aliphatic carbocycles. The second kappa shape index (κ2) is 10.7. The van der Waals surface area contributed by atoms with Crippen molar-refractivity contribution in [1.29, 1.82) is 0 Å². The molecule has 2 atom stereocenters. The number of pyridine rings is 1. The number of benzene rings is 1. The number of hydrogen-bond acceptors (Lipinski definition) is 8. The molecule has 6 rings (SSSR count). The molecule has 2 amide bonds. The number of halogens is 3. The molecule has 13 heteroatoms. The number of aromatic nitrogens is 3. The van der Waals surface area contributed by atoms with Crippen LogP contribution in [-0.4, -0.2) is 65.2 Å². The van der Waals surface area contributed by atoms with Crippen LogP contribution in [-0.2, 0) is 22.1 Å². The van der Waals surface area contributed by atoms with Crippen molar-refractivity contribution in [2.45, 2.75) is 57.7 Å². The third kappa shape index (κ3) is 5.58. The predicted octanol–water partition coefficient (Wildman–Crippen LogP) is 5.28. The number of ether oxygens (including phenoxy) is 3. The number of amides is 2. The Balaban J connectivity index is 1.27. The lowest BCUT2D eigenvalue weighted by atomic mass is 10.00. The number of rotatable bonds is 6. The number of nitrogens with zero attached hydrogens (tertiary/aromatic N) is 5. The molecule has 1 N–H and O–H groups in total. The first-order chi connectivity index (χ1) is 20.0. The van der Waals surface area contributed by atoms with Gasteiger partial charge in [-0.15, -0.1) is 0 Å². The molecule has 3 aliphatic rings. The number of fused-ring (bicyclic) bond motifs is 4. The molecule has 2 fully saturated rings. The minimum atomic E-state index is -4.49. The van der Waals surface area contributed by atoms with Crippen LogP contribution in [0.3, 0.4) is 0 Å². The van der Waals surface area contributed by atoms with Crippen LogP contribution in [0, 0.1) is 0 Å². The minimum absolute atomic E-state index is 0.165. The van der Waals surface area contributed by atoms with Crippen molar-refractivity contribution in [3.05, 3.63) is 53.9 Å². The smallest absolute Gasteiger partial charge is 0.416 e. The summed E-state index contributed by atoms with van der Waals surface area (Å²) in [5, 5.41) is 2.80. The molecule has 3 aromatic rings. The molecule has 1 aromatic carbocycles. The van der Waals surface area contributed by atoms with E-state index in [1.54, 1.807) is 11.0 Å². The largest absolute Gasteiger partial charge is 0.474 e. The fourth-order valence-electron chi connectivity index (χ4n) is 5.58. The van der Waals surface area contributed by atoms with E-state index < -0.39 is 23.6 Å². The minimum Gasteiger partial charge on any atom is -0.474 e. The highest BCUT2D eigenvalue weighted by atomic mass is 19.4. The van der Waals surface area contributed by atoms with Gasteiger partial charge in [0.2, 0.25) is 5.88 Å². The molecule has 2 aromatic heterocycles. The maximum atomic E-state index is 13.7. The quantitative estimate of drug-likeness (QED) is 0.418. The van der Waals surface area contributed by atoms with Crippen molar-refractivity contribution in [3.8, 4) is 17.1 Å². The highest BCUT2D eigenvalue weighted by molar-refractivity contribution is 6.04. The fraction of sp³-hybridized carbons (Fsp3) is 0.448. The molecule has 5 heterocycles. The van der Waals surface area contributed by atoms with E-state index in [1.807, 2.05) is 26.8 Å². The zero-order chi connectivity index (χ0) is 29.6. The van der Waals surface area contributed by atoms with Gasteiger partial charge in [0, 0.05) is 18.7 Å². The van der Waals surface area contributed by atoms with E-state index in [-0.39, 0.29) is 30.5 Å². The van der Waals surface area contributed by atoms with E-state index in [9.17, 15) is 18.0 Å². The molecular weight excluding hydrogens is 553 g/mol. The van der Waals surface area contributed by atoms with E-state index in [1.165, 1.54) is 18.5 Å². The third-order valence-electron chi connectivity index (χ3n) is 7.55.